The van der Waals surface area contributed by atoms with Gasteiger partial charge in [-0.1, -0.05) is 6.07 Å². The van der Waals surface area contributed by atoms with Crippen LogP contribution in [0.4, 0.5) is 0 Å². The highest BCUT2D eigenvalue weighted by Crippen LogP contribution is 2.43. The van der Waals surface area contributed by atoms with Crippen LogP contribution in [-0.4, -0.2) is 27.9 Å². The lowest BCUT2D eigenvalue weighted by atomic mass is 9.92. The van der Waals surface area contributed by atoms with Crippen molar-refractivity contribution in [2.45, 2.75) is 31.6 Å². The molecule has 0 saturated carbocycles. The minimum Gasteiger partial charge on any atom is -0.493 e. The van der Waals surface area contributed by atoms with Crippen LogP contribution < -0.4 is 4.74 Å². The molecule has 1 aliphatic carbocycles. The van der Waals surface area contributed by atoms with E-state index in [0.29, 0.717) is 5.92 Å². The van der Waals surface area contributed by atoms with Crippen molar-refractivity contribution in [3.63, 3.8) is 0 Å². The molecule has 19 heavy (non-hydrogen) atoms. The lowest BCUT2D eigenvalue weighted by Gasteiger charge is -2.14. The Morgan fingerprint density at radius 1 is 1.37 bits per heavy atom. The average Bonchev–Trinajstić information content (AvgIpc) is 2.92. The highest BCUT2D eigenvalue weighted by atomic mass is 32.2. The summed E-state index contributed by atoms with van der Waals surface area (Å²) < 4.78 is 32.5. The molecule has 2 aliphatic rings. The number of aryl methyl sites for hydroxylation is 1. The van der Waals surface area contributed by atoms with E-state index in [4.69, 9.17) is 8.92 Å². The molecule has 1 aromatic rings. The molecule has 0 spiro atoms. The number of ether oxygens (including phenoxy) is 1. The predicted molar refractivity (Wildman–Crippen MR) is 72.1 cm³/mol. The van der Waals surface area contributed by atoms with Crippen LogP contribution in [0.25, 0.3) is 0 Å². The van der Waals surface area contributed by atoms with Crippen molar-refractivity contribution < 1.29 is 17.3 Å². The summed E-state index contributed by atoms with van der Waals surface area (Å²) >= 11 is 0. The topological polar surface area (TPSA) is 52.6 Å². The molecule has 0 bridgehead atoms. The van der Waals surface area contributed by atoms with Gasteiger partial charge in [-0.3, -0.25) is 4.18 Å². The first-order chi connectivity index (χ1) is 9.04. The van der Waals surface area contributed by atoms with Gasteiger partial charge in [-0.05, 0) is 42.4 Å². The number of rotatable bonds is 4. The average molecular weight is 282 g/mol. The Hall–Kier alpha value is -1.07. The van der Waals surface area contributed by atoms with Crippen LogP contribution in [0.3, 0.4) is 0 Å². The van der Waals surface area contributed by atoms with Gasteiger partial charge in [0.25, 0.3) is 10.1 Å². The van der Waals surface area contributed by atoms with Gasteiger partial charge >= 0.3 is 0 Å². The predicted octanol–water partition coefficient (Wildman–Crippen LogP) is 2.02. The number of benzene rings is 1. The molecular weight excluding hydrogens is 264 g/mol. The second-order valence-corrected chi connectivity index (χ2v) is 6.91. The molecule has 1 heterocycles. The van der Waals surface area contributed by atoms with Crippen molar-refractivity contribution in [3.05, 3.63) is 28.8 Å². The van der Waals surface area contributed by atoms with Gasteiger partial charge in [0.2, 0.25) is 0 Å². The van der Waals surface area contributed by atoms with E-state index in [1.807, 2.05) is 0 Å². The molecule has 1 atom stereocenters. The van der Waals surface area contributed by atoms with Gasteiger partial charge in [-0.2, -0.15) is 8.42 Å². The van der Waals surface area contributed by atoms with Crippen molar-refractivity contribution in [2.75, 3.05) is 19.5 Å². The maximum Gasteiger partial charge on any atom is 0.264 e. The Morgan fingerprint density at radius 2 is 2.21 bits per heavy atom. The minimum absolute atomic E-state index is 0.271. The molecule has 1 unspecified atom stereocenters. The van der Waals surface area contributed by atoms with Gasteiger partial charge in [0, 0.05) is 12.0 Å². The summed E-state index contributed by atoms with van der Waals surface area (Å²) in [6.07, 6.45) is 4.99. The lowest BCUT2D eigenvalue weighted by Crippen LogP contribution is -2.08. The number of hydrogen-bond acceptors (Lipinski definition) is 4. The summed E-state index contributed by atoms with van der Waals surface area (Å²) in [6.45, 7) is 1.03. The zero-order valence-electron chi connectivity index (χ0n) is 11.0. The first-order valence-electron chi connectivity index (χ1n) is 6.66. The summed E-state index contributed by atoms with van der Waals surface area (Å²) in [4.78, 5) is 0. The van der Waals surface area contributed by atoms with Crippen molar-refractivity contribution in [1.82, 2.24) is 0 Å². The molecule has 0 N–H and O–H groups in total. The third-order valence-corrected chi connectivity index (χ3v) is 4.54. The fourth-order valence-electron chi connectivity index (χ4n) is 3.18. The minimum atomic E-state index is -3.33. The van der Waals surface area contributed by atoms with Crippen molar-refractivity contribution in [2.24, 2.45) is 0 Å². The molecule has 0 aromatic heterocycles. The normalized spacial score (nSPS) is 21.0. The van der Waals surface area contributed by atoms with E-state index in [1.165, 1.54) is 16.7 Å². The quantitative estimate of drug-likeness (QED) is 0.793. The zero-order valence-corrected chi connectivity index (χ0v) is 11.8. The Balaban J connectivity index is 1.76. The molecule has 0 amide bonds. The first kappa shape index (κ1) is 12.9. The smallest absolute Gasteiger partial charge is 0.264 e. The molecule has 104 valence electrons. The maximum atomic E-state index is 11.0. The molecular formula is C14H18O4S. The molecule has 0 saturated heterocycles. The molecule has 0 radical (unpaired) electrons. The standard InChI is InChI=1S/C14H18O4S/c1-19(15,16)18-9-6-11-3-2-10-4-5-13-12(14(10)11)7-8-17-13/h4-5,11H,2-3,6-9H2,1H3. The summed E-state index contributed by atoms with van der Waals surface area (Å²) in [7, 11) is -3.33. The molecule has 0 fully saturated rings. The number of fused-ring (bicyclic) bond motifs is 3. The second-order valence-electron chi connectivity index (χ2n) is 5.26. The van der Waals surface area contributed by atoms with Crippen molar-refractivity contribution in [1.29, 1.82) is 0 Å². The Kier molecular flexibility index (Phi) is 3.27. The van der Waals surface area contributed by atoms with Crippen LogP contribution in [0.1, 0.15) is 35.4 Å². The van der Waals surface area contributed by atoms with Gasteiger partial charge < -0.3 is 4.74 Å². The van der Waals surface area contributed by atoms with Crippen molar-refractivity contribution >= 4 is 10.1 Å². The highest BCUT2D eigenvalue weighted by Gasteiger charge is 2.29. The summed E-state index contributed by atoms with van der Waals surface area (Å²) in [6, 6.07) is 4.22. The van der Waals surface area contributed by atoms with Crippen molar-refractivity contribution in [3.8, 4) is 5.75 Å². The highest BCUT2D eigenvalue weighted by molar-refractivity contribution is 7.85. The summed E-state index contributed by atoms with van der Waals surface area (Å²) in [5.74, 6) is 1.42. The zero-order chi connectivity index (χ0) is 13.5. The van der Waals surface area contributed by atoms with E-state index >= 15 is 0 Å². The maximum absolute atomic E-state index is 11.0. The third kappa shape index (κ3) is 2.62. The summed E-state index contributed by atoms with van der Waals surface area (Å²) in [5, 5.41) is 0. The fraction of sp³-hybridized carbons (Fsp3) is 0.571. The van der Waals surface area contributed by atoms with Gasteiger partial charge in [0.1, 0.15) is 5.75 Å². The third-order valence-electron chi connectivity index (χ3n) is 3.95. The monoisotopic (exact) mass is 282 g/mol. The first-order valence-corrected chi connectivity index (χ1v) is 8.48. The van der Waals surface area contributed by atoms with E-state index in [9.17, 15) is 8.42 Å². The lowest BCUT2D eigenvalue weighted by molar-refractivity contribution is 0.302. The molecule has 1 aromatic carbocycles. The largest absolute Gasteiger partial charge is 0.493 e. The van der Waals surface area contributed by atoms with Gasteiger partial charge in [0.05, 0.1) is 19.5 Å². The van der Waals surface area contributed by atoms with E-state index in [2.05, 4.69) is 12.1 Å². The molecule has 5 heteroatoms. The Morgan fingerprint density at radius 3 is 3.00 bits per heavy atom. The van der Waals surface area contributed by atoms with E-state index in [1.54, 1.807) is 0 Å². The second kappa shape index (κ2) is 4.80. The molecule has 1 aliphatic heterocycles. The fourth-order valence-corrected chi connectivity index (χ4v) is 3.58. The summed E-state index contributed by atoms with van der Waals surface area (Å²) in [5.41, 5.74) is 4.13. The van der Waals surface area contributed by atoms with E-state index in [-0.39, 0.29) is 6.61 Å². The SMILES string of the molecule is CS(=O)(=O)OCCC1CCc2ccc3c(c21)CCO3. The van der Waals surface area contributed by atoms with Gasteiger partial charge in [-0.25, -0.2) is 0 Å². The molecule has 3 rings (SSSR count). The van der Waals surface area contributed by atoms with Crippen LogP contribution in [0, 0.1) is 0 Å². The van der Waals surface area contributed by atoms with Crippen LogP contribution in [-0.2, 0) is 27.1 Å². The van der Waals surface area contributed by atoms with Crippen LogP contribution >= 0.6 is 0 Å². The van der Waals surface area contributed by atoms with Gasteiger partial charge in [0.15, 0.2) is 0 Å². The van der Waals surface area contributed by atoms with E-state index < -0.39 is 10.1 Å². The molecule has 4 nitrogen and oxygen atoms in total. The number of hydrogen-bond donors (Lipinski definition) is 0. The Labute approximate surface area is 113 Å². The Bertz CT molecular complexity index is 592. The van der Waals surface area contributed by atoms with Crippen LogP contribution in [0.2, 0.25) is 0 Å². The van der Waals surface area contributed by atoms with Crippen LogP contribution in [0.5, 0.6) is 5.75 Å². The van der Waals surface area contributed by atoms with Crippen LogP contribution in [0.15, 0.2) is 12.1 Å². The van der Waals surface area contributed by atoms with E-state index in [0.717, 1.165) is 44.3 Å². The van der Waals surface area contributed by atoms with Gasteiger partial charge in [-0.15, -0.1) is 0 Å².